The molecule has 1 aromatic carbocycles. The molecule has 0 unspecified atom stereocenters. The lowest BCUT2D eigenvalue weighted by Gasteiger charge is -2.35. The molecule has 0 spiro atoms. The molecular formula is C15H23NO. The summed E-state index contributed by atoms with van der Waals surface area (Å²) >= 11 is 0. The summed E-state index contributed by atoms with van der Waals surface area (Å²) < 4.78 is 5.76. The first-order valence-electron chi connectivity index (χ1n) is 6.47. The van der Waals surface area contributed by atoms with Gasteiger partial charge in [0.25, 0.3) is 0 Å². The highest BCUT2D eigenvalue weighted by atomic mass is 16.5. The van der Waals surface area contributed by atoms with Crippen molar-refractivity contribution in [1.82, 2.24) is 4.90 Å². The van der Waals surface area contributed by atoms with Crippen LogP contribution < -0.4 is 0 Å². The van der Waals surface area contributed by atoms with Crippen LogP contribution in [0.5, 0.6) is 0 Å². The number of hydrogen-bond acceptors (Lipinski definition) is 2. The molecule has 17 heavy (non-hydrogen) atoms. The van der Waals surface area contributed by atoms with Crippen molar-refractivity contribution in [3.63, 3.8) is 0 Å². The third-order valence-corrected chi connectivity index (χ3v) is 3.48. The number of rotatable bonds is 0. The molecule has 0 fully saturated rings. The van der Waals surface area contributed by atoms with Gasteiger partial charge >= 0.3 is 0 Å². The molecule has 1 aliphatic heterocycles. The zero-order chi connectivity index (χ0) is 12.3. The Morgan fingerprint density at radius 1 is 1.06 bits per heavy atom. The molecule has 94 valence electrons. The summed E-state index contributed by atoms with van der Waals surface area (Å²) in [4.78, 5) is 2.51. The fourth-order valence-corrected chi connectivity index (χ4v) is 2.34. The van der Waals surface area contributed by atoms with Crippen LogP contribution in [0.15, 0.2) is 24.3 Å². The lowest BCUT2D eigenvalue weighted by Crippen LogP contribution is -2.44. The fourth-order valence-electron chi connectivity index (χ4n) is 2.34. The van der Waals surface area contributed by atoms with E-state index < -0.39 is 0 Å². The molecular weight excluding hydrogens is 210 g/mol. The third kappa shape index (κ3) is 3.30. The van der Waals surface area contributed by atoms with Crippen molar-refractivity contribution in [2.24, 2.45) is 0 Å². The molecule has 0 saturated heterocycles. The molecule has 0 atom stereocenters. The first-order valence-corrected chi connectivity index (χ1v) is 6.47. The number of nitrogens with zero attached hydrogens (tertiary/aromatic N) is 1. The van der Waals surface area contributed by atoms with Gasteiger partial charge in [-0.1, -0.05) is 24.3 Å². The van der Waals surface area contributed by atoms with Crippen LogP contribution >= 0.6 is 0 Å². The number of fused-ring (bicyclic) bond motifs is 1. The zero-order valence-corrected chi connectivity index (χ0v) is 11.2. The summed E-state index contributed by atoms with van der Waals surface area (Å²) in [6.45, 7) is 10.5. The Morgan fingerprint density at radius 3 is 2.47 bits per heavy atom. The molecule has 1 aliphatic rings. The van der Waals surface area contributed by atoms with Gasteiger partial charge in [0.05, 0.1) is 13.2 Å². The van der Waals surface area contributed by atoms with Crippen LogP contribution in [-0.4, -0.2) is 30.1 Å². The Bertz CT molecular complexity index is 367. The molecule has 2 rings (SSSR count). The lowest BCUT2D eigenvalue weighted by molar-refractivity contribution is 0.0624. The fraction of sp³-hybridized carbons (Fsp3) is 0.600. The highest BCUT2D eigenvalue weighted by Crippen LogP contribution is 2.18. The van der Waals surface area contributed by atoms with Crippen molar-refractivity contribution < 1.29 is 4.74 Å². The molecule has 0 bridgehead atoms. The quantitative estimate of drug-likeness (QED) is 0.683. The summed E-state index contributed by atoms with van der Waals surface area (Å²) in [5.41, 5.74) is 3.01. The second-order valence-corrected chi connectivity index (χ2v) is 5.73. The Kier molecular flexibility index (Phi) is 3.85. The second-order valence-electron chi connectivity index (χ2n) is 5.73. The average Bonchev–Trinajstić information content (AvgIpc) is 2.37. The van der Waals surface area contributed by atoms with Gasteiger partial charge in [0.2, 0.25) is 0 Å². The van der Waals surface area contributed by atoms with Crippen molar-refractivity contribution in [3.05, 3.63) is 35.4 Å². The second kappa shape index (κ2) is 5.19. The van der Waals surface area contributed by atoms with Crippen molar-refractivity contribution in [2.45, 2.75) is 39.3 Å². The van der Waals surface area contributed by atoms with Gasteiger partial charge in [0.1, 0.15) is 0 Å². The Balaban J connectivity index is 2.14. The van der Waals surface area contributed by atoms with E-state index in [4.69, 9.17) is 4.74 Å². The van der Waals surface area contributed by atoms with Gasteiger partial charge in [-0.15, -0.1) is 0 Å². The average molecular weight is 233 g/mol. The maximum absolute atomic E-state index is 5.76. The first-order chi connectivity index (χ1) is 8.07. The van der Waals surface area contributed by atoms with Gasteiger partial charge in [-0.25, -0.2) is 0 Å². The molecule has 1 aromatic rings. The van der Waals surface area contributed by atoms with Crippen LogP contribution in [0.3, 0.4) is 0 Å². The Morgan fingerprint density at radius 2 is 1.76 bits per heavy atom. The maximum atomic E-state index is 5.76. The van der Waals surface area contributed by atoms with Crippen LogP contribution in [-0.2, 0) is 17.8 Å². The van der Waals surface area contributed by atoms with E-state index in [9.17, 15) is 0 Å². The highest BCUT2D eigenvalue weighted by Gasteiger charge is 2.21. The van der Waals surface area contributed by atoms with E-state index in [0.717, 1.165) is 32.7 Å². The molecule has 1 heterocycles. The van der Waals surface area contributed by atoms with E-state index in [2.05, 4.69) is 49.9 Å². The number of hydrogen-bond donors (Lipinski definition) is 0. The van der Waals surface area contributed by atoms with Gasteiger partial charge < -0.3 is 4.74 Å². The topological polar surface area (TPSA) is 12.5 Å². The van der Waals surface area contributed by atoms with E-state index in [-0.39, 0.29) is 5.54 Å². The van der Waals surface area contributed by atoms with Gasteiger partial charge in [-0.3, -0.25) is 4.90 Å². The minimum atomic E-state index is 0.225. The summed E-state index contributed by atoms with van der Waals surface area (Å²) in [5, 5.41) is 0. The number of ether oxygens (including phenoxy) is 1. The zero-order valence-electron chi connectivity index (χ0n) is 11.2. The lowest BCUT2D eigenvalue weighted by atomic mass is 10.0. The predicted molar refractivity (Wildman–Crippen MR) is 71.1 cm³/mol. The van der Waals surface area contributed by atoms with Crippen molar-refractivity contribution in [3.8, 4) is 0 Å². The number of benzene rings is 1. The minimum absolute atomic E-state index is 0.225. The standard InChI is InChI=1S/C15H23NO/c1-15(2,3)16-9-8-13-6-4-5-7-14(13)12-17-11-10-16/h4-7H,8-12H2,1-3H3. The smallest absolute Gasteiger partial charge is 0.0720 e. The molecule has 2 heteroatoms. The summed E-state index contributed by atoms with van der Waals surface area (Å²) in [6, 6.07) is 8.63. The van der Waals surface area contributed by atoms with Crippen LogP contribution in [0.4, 0.5) is 0 Å². The minimum Gasteiger partial charge on any atom is -0.375 e. The van der Waals surface area contributed by atoms with Crippen LogP contribution in [0.1, 0.15) is 31.9 Å². The van der Waals surface area contributed by atoms with Crippen LogP contribution in [0.2, 0.25) is 0 Å². The van der Waals surface area contributed by atoms with E-state index in [1.54, 1.807) is 0 Å². The van der Waals surface area contributed by atoms with E-state index in [0.29, 0.717) is 0 Å². The molecule has 0 N–H and O–H groups in total. The Hall–Kier alpha value is -0.860. The molecule has 2 nitrogen and oxygen atoms in total. The normalized spacial score (nSPS) is 19.0. The van der Waals surface area contributed by atoms with Crippen molar-refractivity contribution in [2.75, 3.05) is 19.7 Å². The molecule has 0 aliphatic carbocycles. The monoisotopic (exact) mass is 233 g/mol. The van der Waals surface area contributed by atoms with E-state index >= 15 is 0 Å². The molecule has 0 aromatic heterocycles. The van der Waals surface area contributed by atoms with Crippen molar-refractivity contribution in [1.29, 1.82) is 0 Å². The highest BCUT2D eigenvalue weighted by molar-refractivity contribution is 5.27. The molecule has 0 amide bonds. The molecule has 0 saturated carbocycles. The first kappa shape index (κ1) is 12.6. The summed E-state index contributed by atoms with van der Waals surface area (Å²) in [5.74, 6) is 0. The summed E-state index contributed by atoms with van der Waals surface area (Å²) in [7, 11) is 0. The SMILES string of the molecule is CC(C)(C)N1CCOCc2ccccc2CC1. The molecule has 0 radical (unpaired) electrons. The van der Waals surface area contributed by atoms with Gasteiger partial charge in [-0.2, -0.15) is 0 Å². The predicted octanol–water partition coefficient (Wildman–Crippen LogP) is 2.86. The maximum Gasteiger partial charge on any atom is 0.0720 e. The van der Waals surface area contributed by atoms with Crippen LogP contribution in [0, 0.1) is 0 Å². The van der Waals surface area contributed by atoms with Crippen LogP contribution in [0.25, 0.3) is 0 Å². The van der Waals surface area contributed by atoms with Crippen molar-refractivity contribution >= 4 is 0 Å². The van der Waals surface area contributed by atoms with Gasteiger partial charge in [0.15, 0.2) is 0 Å². The largest absolute Gasteiger partial charge is 0.375 e. The van der Waals surface area contributed by atoms with Gasteiger partial charge in [0, 0.05) is 18.6 Å². The summed E-state index contributed by atoms with van der Waals surface area (Å²) in [6.07, 6.45) is 1.12. The van der Waals surface area contributed by atoms with Gasteiger partial charge in [-0.05, 0) is 38.3 Å². The Labute approximate surface area is 105 Å². The van der Waals surface area contributed by atoms with E-state index in [1.807, 2.05) is 0 Å². The van der Waals surface area contributed by atoms with E-state index in [1.165, 1.54) is 11.1 Å². The third-order valence-electron chi connectivity index (χ3n) is 3.48.